The summed E-state index contributed by atoms with van der Waals surface area (Å²) >= 11 is 1.40. The van der Waals surface area contributed by atoms with E-state index in [0.717, 1.165) is 11.8 Å². The summed E-state index contributed by atoms with van der Waals surface area (Å²) in [5.41, 5.74) is 0.974. The Kier molecular flexibility index (Phi) is 4.41. The van der Waals surface area contributed by atoms with Crippen LogP contribution in [-0.4, -0.2) is 27.6 Å². The summed E-state index contributed by atoms with van der Waals surface area (Å²) in [4.78, 5) is 18.4. The second kappa shape index (κ2) is 6.08. The number of pyridine rings is 1. The van der Waals surface area contributed by atoms with E-state index in [9.17, 15) is 18.0 Å². The monoisotopic (exact) mass is 317 g/mol. The molecule has 0 bridgehead atoms. The number of anilines is 1. The predicted octanol–water partition coefficient (Wildman–Crippen LogP) is 2.91. The Morgan fingerprint density at radius 1 is 1.38 bits per heavy atom. The maximum absolute atomic E-state index is 12.6. The number of nitrogens with one attached hydrogen (secondary N) is 1. The van der Waals surface area contributed by atoms with Gasteiger partial charge in [0.05, 0.1) is 11.2 Å². The minimum Gasteiger partial charge on any atom is -0.478 e. The van der Waals surface area contributed by atoms with Crippen molar-refractivity contribution in [1.82, 2.24) is 9.97 Å². The number of carboxylic acid groups (broad SMARTS) is 1. The Hall–Kier alpha value is -2.16. The van der Waals surface area contributed by atoms with Gasteiger partial charge in [-0.05, 0) is 12.1 Å². The molecule has 0 amide bonds. The van der Waals surface area contributed by atoms with Gasteiger partial charge in [0.25, 0.3) is 0 Å². The highest BCUT2D eigenvalue weighted by Crippen LogP contribution is 2.29. The quantitative estimate of drug-likeness (QED) is 0.887. The number of carboxylic acids is 1. The first-order chi connectivity index (χ1) is 9.88. The van der Waals surface area contributed by atoms with E-state index >= 15 is 0 Å². The van der Waals surface area contributed by atoms with Crippen molar-refractivity contribution < 1.29 is 23.1 Å². The van der Waals surface area contributed by atoms with E-state index in [-0.39, 0.29) is 17.9 Å². The number of alkyl halides is 3. The molecule has 5 nitrogen and oxygen atoms in total. The van der Waals surface area contributed by atoms with Crippen molar-refractivity contribution in [2.24, 2.45) is 0 Å². The average Bonchev–Trinajstić information content (AvgIpc) is 2.90. The first-order valence-electron chi connectivity index (χ1n) is 5.80. The molecule has 21 heavy (non-hydrogen) atoms. The minimum absolute atomic E-state index is 0.234. The van der Waals surface area contributed by atoms with Gasteiger partial charge in [0.15, 0.2) is 0 Å². The summed E-state index contributed by atoms with van der Waals surface area (Å²) in [6, 6.07) is 1.54. The van der Waals surface area contributed by atoms with Crippen molar-refractivity contribution in [3.63, 3.8) is 0 Å². The third-order valence-electron chi connectivity index (χ3n) is 2.57. The fraction of sp³-hybridized carbons (Fsp3) is 0.250. The van der Waals surface area contributed by atoms with Crippen LogP contribution in [0, 0.1) is 0 Å². The fourth-order valence-corrected chi connectivity index (χ4v) is 2.19. The molecule has 0 aliphatic carbocycles. The van der Waals surface area contributed by atoms with Crippen LogP contribution >= 0.6 is 11.3 Å². The highest BCUT2D eigenvalue weighted by Gasteiger charge is 2.33. The number of rotatable bonds is 5. The molecular weight excluding hydrogens is 307 g/mol. The van der Waals surface area contributed by atoms with E-state index in [1.807, 2.05) is 0 Å². The zero-order valence-electron chi connectivity index (χ0n) is 10.5. The van der Waals surface area contributed by atoms with Crippen LogP contribution in [-0.2, 0) is 12.6 Å². The first kappa shape index (κ1) is 15.2. The van der Waals surface area contributed by atoms with Gasteiger partial charge in [-0.15, -0.1) is 11.3 Å². The Morgan fingerprint density at radius 3 is 2.71 bits per heavy atom. The number of halogens is 3. The molecule has 0 unspecified atom stereocenters. The van der Waals surface area contributed by atoms with Crippen LogP contribution in [0.4, 0.5) is 19.0 Å². The third kappa shape index (κ3) is 3.91. The molecule has 0 radical (unpaired) electrons. The van der Waals surface area contributed by atoms with Crippen molar-refractivity contribution in [1.29, 1.82) is 0 Å². The summed E-state index contributed by atoms with van der Waals surface area (Å²) < 4.78 is 37.8. The number of carbonyl (C=O) groups is 1. The molecule has 9 heteroatoms. The van der Waals surface area contributed by atoms with Gasteiger partial charge in [0.1, 0.15) is 17.1 Å². The molecule has 0 aliphatic rings. The maximum atomic E-state index is 12.6. The van der Waals surface area contributed by atoms with Gasteiger partial charge in [-0.2, -0.15) is 13.2 Å². The highest BCUT2D eigenvalue weighted by molar-refractivity contribution is 7.07. The lowest BCUT2D eigenvalue weighted by molar-refractivity contribution is -0.141. The van der Waals surface area contributed by atoms with Crippen molar-refractivity contribution in [3.8, 4) is 0 Å². The average molecular weight is 317 g/mol. The van der Waals surface area contributed by atoms with Crippen molar-refractivity contribution in [3.05, 3.63) is 40.0 Å². The molecule has 2 aromatic heterocycles. The predicted molar refractivity (Wildman–Crippen MR) is 70.5 cm³/mol. The van der Waals surface area contributed by atoms with Crippen LogP contribution in [0.3, 0.4) is 0 Å². The SMILES string of the molecule is O=C(O)c1ccc(C(F)(F)F)nc1NCCc1cscn1. The molecule has 0 fully saturated rings. The van der Waals surface area contributed by atoms with E-state index in [0.29, 0.717) is 12.5 Å². The molecule has 2 rings (SSSR count). The number of thiazole rings is 1. The Balaban J connectivity index is 2.16. The molecular formula is C12H10F3N3O2S. The van der Waals surface area contributed by atoms with Crippen LogP contribution in [0.15, 0.2) is 23.0 Å². The molecule has 0 aliphatic heterocycles. The summed E-state index contributed by atoms with van der Waals surface area (Å²) in [7, 11) is 0. The van der Waals surface area contributed by atoms with Gasteiger partial charge in [-0.25, -0.2) is 14.8 Å². The van der Waals surface area contributed by atoms with E-state index < -0.39 is 17.8 Å². The van der Waals surface area contributed by atoms with Crippen LogP contribution in [0.2, 0.25) is 0 Å². The second-order valence-corrected chi connectivity index (χ2v) is 4.77. The molecule has 2 N–H and O–H groups in total. The number of nitrogens with zero attached hydrogens (tertiary/aromatic N) is 2. The van der Waals surface area contributed by atoms with Gasteiger partial charge in [-0.1, -0.05) is 0 Å². The second-order valence-electron chi connectivity index (χ2n) is 4.05. The topological polar surface area (TPSA) is 75.1 Å². The smallest absolute Gasteiger partial charge is 0.433 e. The normalized spacial score (nSPS) is 11.4. The van der Waals surface area contributed by atoms with Crippen LogP contribution in [0.1, 0.15) is 21.7 Å². The third-order valence-corrected chi connectivity index (χ3v) is 3.21. The number of aromatic carboxylic acids is 1. The van der Waals surface area contributed by atoms with Crippen molar-refractivity contribution >= 4 is 23.1 Å². The Bertz CT molecular complexity index is 629. The summed E-state index contributed by atoms with van der Waals surface area (Å²) in [5, 5.41) is 13.4. The molecule has 112 valence electrons. The number of hydrogen-bond donors (Lipinski definition) is 2. The number of aromatic nitrogens is 2. The lowest BCUT2D eigenvalue weighted by Crippen LogP contribution is -2.15. The molecule has 0 aromatic carbocycles. The van der Waals surface area contributed by atoms with Gasteiger partial charge in [0, 0.05) is 18.3 Å². The largest absolute Gasteiger partial charge is 0.478 e. The highest BCUT2D eigenvalue weighted by atomic mass is 32.1. The van der Waals surface area contributed by atoms with E-state index in [1.54, 1.807) is 10.9 Å². The van der Waals surface area contributed by atoms with Crippen LogP contribution < -0.4 is 5.32 Å². The molecule has 2 heterocycles. The number of hydrogen-bond acceptors (Lipinski definition) is 5. The maximum Gasteiger partial charge on any atom is 0.433 e. The van der Waals surface area contributed by atoms with Crippen molar-refractivity contribution in [2.75, 3.05) is 11.9 Å². The van der Waals surface area contributed by atoms with Crippen LogP contribution in [0.5, 0.6) is 0 Å². The summed E-state index contributed by atoms with van der Waals surface area (Å²) in [5.74, 6) is -1.64. The Morgan fingerprint density at radius 2 is 2.14 bits per heavy atom. The standard InChI is InChI=1S/C12H10F3N3O2S/c13-12(14,15)9-2-1-8(11(19)20)10(18-9)16-4-3-7-5-21-6-17-7/h1-2,5-6H,3-4H2,(H,16,18)(H,19,20). The van der Waals surface area contributed by atoms with Crippen molar-refractivity contribution in [2.45, 2.75) is 12.6 Å². The van der Waals surface area contributed by atoms with E-state index in [4.69, 9.17) is 5.11 Å². The lowest BCUT2D eigenvalue weighted by atomic mass is 10.2. The molecule has 2 aromatic rings. The van der Waals surface area contributed by atoms with Gasteiger partial charge in [-0.3, -0.25) is 0 Å². The van der Waals surface area contributed by atoms with Gasteiger partial charge >= 0.3 is 12.1 Å². The molecule has 0 spiro atoms. The molecule has 0 atom stereocenters. The summed E-state index contributed by atoms with van der Waals surface area (Å²) in [6.07, 6.45) is -4.16. The molecule has 0 saturated heterocycles. The Labute approximate surface area is 121 Å². The first-order valence-corrected chi connectivity index (χ1v) is 6.74. The fourth-order valence-electron chi connectivity index (χ4n) is 1.59. The van der Waals surface area contributed by atoms with Gasteiger partial charge in [0.2, 0.25) is 0 Å². The zero-order chi connectivity index (χ0) is 15.5. The van der Waals surface area contributed by atoms with E-state index in [2.05, 4.69) is 15.3 Å². The summed E-state index contributed by atoms with van der Waals surface area (Å²) in [6.45, 7) is 0.234. The zero-order valence-corrected chi connectivity index (χ0v) is 11.3. The lowest BCUT2D eigenvalue weighted by Gasteiger charge is -2.11. The van der Waals surface area contributed by atoms with Gasteiger partial charge < -0.3 is 10.4 Å². The molecule has 0 saturated carbocycles. The van der Waals surface area contributed by atoms with Crippen LogP contribution in [0.25, 0.3) is 0 Å². The van der Waals surface area contributed by atoms with E-state index in [1.165, 1.54) is 11.3 Å². The minimum atomic E-state index is -4.62.